The van der Waals surface area contributed by atoms with Crippen molar-refractivity contribution in [3.05, 3.63) is 0 Å². The van der Waals surface area contributed by atoms with Crippen LogP contribution in [0.25, 0.3) is 0 Å². The number of hydrogen-bond donors (Lipinski definition) is 2. The predicted molar refractivity (Wildman–Crippen MR) is 36.3 cm³/mol. The van der Waals surface area contributed by atoms with Crippen molar-refractivity contribution >= 4 is 28.6 Å². The number of carboxylic acid groups (broad SMARTS) is 1. The van der Waals surface area contributed by atoms with Crippen molar-refractivity contribution in [3.8, 4) is 0 Å². The zero-order valence-electron chi connectivity index (χ0n) is 4.96. The monoisotopic (exact) mass is 159 g/mol. The Labute approximate surface area is 61.1 Å². The number of Topliss-reactive ketones (excluding diaryl/α,β-unsaturated/α-hetero) is 1. The highest BCUT2D eigenvalue weighted by atomic mass is 32.2. The van der Waals surface area contributed by atoms with Gasteiger partial charge in [-0.05, 0) is 0 Å². The maximum Gasteiger partial charge on any atom is 0.320 e. The fourth-order valence-electron chi connectivity index (χ4n) is 0.712. The molecule has 1 saturated heterocycles. The Bertz CT molecular complexity index is 197. The minimum atomic E-state index is -1.21. The molecule has 0 saturated carbocycles. The Morgan fingerprint density at radius 3 is 2.60 bits per heavy atom. The van der Waals surface area contributed by atoms with Crippen molar-refractivity contribution in [2.24, 2.45) is 5.92 Å². The first kappa shape index (κ1) is 7.27. The van der Waals surface area contributed by atoms with Gasteiger partial charge in [-0.3, -0.25) is 15.0 Å². The lowest BCUT2D eigenvalue weighted by atomic mass is 10.1. The molecule has 1 heterocycles. The van der Waals surface area contributed by atoms with E-state index in [2.05, 4.69) is 0 Å². The van der Waals surface area contributed by atoms with Crippen molar-refractivity contribution < 1.29 is 14.7 Å². The normalized spacial score (nSPS) is 25.4. The molecule has 1 aliphatic heterocycles. The number of rotatable bonds is 1. The van der Waals surface area contributed by atoms with Gasteiger partial charge in [-0.15, -0.1) is 11.8 Å². The van der Waals surface area contributed by atoms with E-state index < -0.39 is 11.9 Å². The Morgan fingerprint density at radius 2 is 2.40 bits per heavy atom. The lowest BCUT2D eigenvalue weighted by Crippen LogP contribution is -2.24. The summed E-state index contributed by atoms with van der Waals surface area (Å²) in [7, 11) is 0. The molecule has 0 aliphatic carbocycles. The molecule has 0 bridgehead atoms. The van der Waals surface area contributed by atoms with Crippen LogP contribution in [0.15, 0.2) is 0 Å². The summed E-state index contributed by atoms with van der Waals surface area (Å²) in [4.78, 5) is 20.9. The number of carboxylic acids is 1. The molecule has 0 amide bonds. The zero-order chi connectivity index (χ0) is 7.72. The second-order valence-corrected chi connectivity index (χ2v) is 2.91. The fraction of sp³-hybridized carbons (Fsp3) is 0.400. The van der Waals surface area contributed by atoms with Crippen LogP contribution < -0.4 is 0 Å². The molecule has 1 aliphatic rings. The second-order valence-electron chi connectivity index (χ2n) is 1.89. The van der Waals surface area contributed by atoms with E-state index in [0.717, 1.165) is 11.8 Å². The fourth-order valence-corrected chi connectivity index (χ4v) is 1.57. The van der Waals surface area contributed by atoms with Crippen LogP contribution in [0.1, 0.15) is 0 Å². The van der Waals surface area contributed by atoms with Gasteiger partial charge in [0, 0.05) is 0 Å². The highest BCUT2D eigenvalue weighted by Crippen LogP contribution is 2.22. The van der Waals surface area contributed by atoms with Crippen LogP contribution in [0.2, 0.25) is 0 Å². The average molecular weight is 159 g/mol. The van der Waals surface area contributed by atoms with E-state index >= 15 is 0 Å². The Morgan fingerprint density at radius 1 is 1.80 bits per heavy atom. The first-order valence-corrected chi connectivity index (χ1v) is 3.58. The van der Waals surface area contributed by atoms with E-state index in [1.54, 1.807) is 0 Å². The molecular formula is C5H5NO3S. The molecule has 0 aromatic rings. The molecule has 0 aromatic carbocycles. The van der Waals surface area contributed by atoms with Gasteiger partial charge in [0.05, 0.1) is 10.8 Å². The molecule has 54 valence electrons. The zero-order valence-corrected chi connectivity index (χ0v) is 5.77. The summed E-state index contributed by atoms with van der Waals surface area (Å²) >= 11 is 0.995. The number of hydrogen-bond acceptors (Lipinski definition) is 4. The summed E-state index contributed by atoms with van der Waals surface area (Å²) in [6.07, 6.45) is 0. The molecule has 0 spiro atoms. The first-order chi connectivity index (χ1) is 4.63. The molecule has 1 fully saturated rings. The topological polar surface area (TPSA) is 78.2 Å². The lowest BCUT2D eigenvalue weighted by molar-refractivity contribution is -0.142. The summed E-state index contributed by atoms with van der Waals surface area (Å²) in [5.74, 6) is -2.62. The number of aliphatic carboxylic acids is 1. The minimum absolute atomic E-state index is 0.0440. The van der Waals surface area contributed by atoms with E-state index in [1.807, 2.05) is 0 Å². The van der Waals surface area contributed by atoms with Gasteiger partial charge < -0.3 is 5.11 Å². The maximum absolute atomic E-state index is 10.7. The van der Waals surface area contributed by atoms with Gasteiger partial charge in [0.2, 0.25) is 0 Å². The molecule has 5 heteroatoms. The third-order valence-corrected chi connectivity index (χ3v) is 2.18. The van der Waals surface area contributed by atoms with Gasteiger partial charge in [0.25, 0.3) is 0 Å². The highest BCUT2D eigenvalue weighted by molar-refractivity contribution is 8.15. The van der Waals surface area contributed by atoms with Crippen LogP contribution >= 0.6 is 11.8 Å². The Kier molecular flexibility index (Phi) is 1.76. The van der Waals surface area contributed by atoms with Crippen LogP contribution in [0.5, 0.6) is 0 Å². The quantitative estimate of drug-likeness (QED) is 0.527. The summed E-state index contributed by atoms with van der Waals surface area (Å²) in [5.41, 5.74) is 0. The van der Waals surface area contributed by atoms with Crippen molar-refractivity contribution in [1.29, 1.82) is 5.41 Å². The van der Waals surface area contributed by atoms with Crippen LogP contribution in [0.3, 0.4) is 0 Å². The van der Waals surface area contributed by atoms with Gasteiger partial charge in [0.15, 0.2) is 11.7 Å². The first-order valence-electron chi connectivity index (χ1n) is 2.59. The van der Waals surface area contributed by atoms with E-state index in [4.69, 9.17) is 10.5 Å². The SMILES string of the molecule is N=C1SCC(=O)[C@@H]1C(=O)O. The smallest absolute Gasteiger partial charge is 0.320 e. The third-order valence-electron chi connectivity index (χ3n) is 1.20. The van der Waals surface area contributed by atoms with Gasteiger partial charge in [-0.2, -0.15) is 0 Å². The van der Waals surface area contributed by atoms with E-state index in [9.17, 15) is 9.59 Å². The number of nitrogens with one attached hydrogen (secondary N) is 1. The molecule has 0 unspecified atom stereocenters. The maximum atomic E-state index is 10.7. The second kappa shape index (κ2) is 2.42. The molecule has 2 N–H and O–H groups in total. The molecule has 0 aromatic heterocycles. The van der Waals surface area contributed by atoms with Crippen LogP contribution in [-0.2, 0) is 9.59 Å². The van der Waals surface area contributed by atoms with Crippen molar-refractivity contribution in [2.75, 3.05) is 5.75 Å². The standard InChI is InChI=1S/C5H5NO3S/c6-4-3(5(8)9)2(7)1-10-4/h3,6H,1H2,(H,8,9)/t3-/m0/s1. The van der Waals surface area contributed by atoms with Crippen LogP contribution in [-0.4, -0.2) is 27.7 Å². The molecule has 1 atom stereocenters. The van der Waals surface area contributed by atoms with Gasteiger partial charge in [0.1, 0.15) is 0 Å². The highest BCUT2D eigenvalue weighted by Gasteiger charge is 2.36. The number of thioether (sulfide) groups is 1. The molecule has 0 radical (unpaired) electrons. The van der Waals surface area contributed by atoms with Crippen LogP contribution in [0.4, 0.5) is 0 Å². The van der Waals surface area contributed by atoms with Gasteiger partial charge >= 0.3 is 5.97 Å². The molecule has 1 rings (SSSR count). The summed E-state index contributed by atoms with van der Waals surface area (Å²) < 4.78 is 0. The van der Waals surface area contributed by atoms with E-state index in [-0.39, 0.29) is 16.6 Å². The molecular weight excluding hydrogens is 154 g/mol. The summed E-state index contributed by atoms with van der Waals surface area (Å²) in [6, 6.07) is 0. The van der Waals surface area contributed by atoms with E-state index in [1.165, 1.54) is 0 Å². The summed E-state index contributed by atoms with van der Waals surface area (Å²) in [5, 5.41) is 15.4. The van der Waals surface area contributed by atoms with E-state index in [0.29, 0.717) is 0 Å². The third kappa shape index (κ3) is 1.04. The number of ketones is 1. The van der Waals surface area contributed by atoms with Crippen molar-refractivity contribution in [3.63, 3.8) is 0 Å². The largest absolute Gasteiger partial charge is 0.480 e. The number of carbonyl (C=O) groups excluding carboxylic acids is 1. The van der Waals surface area contributed by atoms with Gasteiger partial charge in [-0.1, -0.05) is 0 Å². The Balaban J connectivity index is 2.82. The molecule has 10 heavy (non-hydrogen) atoms. The summed E-state index contributed by atoms with van der Waals surface area (Å²) in [6.45, 7) is 0. The molecule has 4 nitrogen and oxygen atoms in total. The van der Waals surface area contributed by atoms with Crippen molar-refractivity contribution in [1.82, 2.24) is 0 Å². The predicted octanol–water partition coefficient (Wildman–Crippen LogP) is -0.0196. The minimum Gasteiger partial charge on any atom is -0.480 e. The lowest BCUT2D eigenvalue weighted by Gasteiger charge is -1.97. The number of carbonyl (C=O) groups is 2. The van der Waals surface area contributed by atoms with Gasteiger partial charge in [-0.25, -0.2) is 0 Å². The Hall–Kier alpha value is -0.840. The average Bonchev–Trinajstić information content (AvgIpc) is 2.11. The van der Waals surface area contributed by atoms with Crippen molar-refractivity contribution in [2.45, 2.75) is 0 Å². The van der Waals surface area contributed by atoms with Crippen LogP contribution in [0, 0.1) is 11.3 Å².